The van der Waals surface area contributed by atoms with Crippen LogP contribution in [0.2, 0.25) is 0 Å². The van der Waals surface area contributed by atoms with Crippen LogP contribution in [0.15, 0.2) is 48.5 Å². The van der Waals surface area contributed by atoms with Crippen molar-refractivity contribution in [3.05, 3.63) is 48.5 Å². The van der Waals surface area contributed by atoms with Crippen LogP contribution in [0.25, 0.3) is 11.1 Å². The maximum atomic E-state index is 9.12. The van der Waals surface area contributed by atoms with Gasteiger partial charge in [-0.05, 0) is 22.1 Å². The van der Waals surface area contributed by atoms with Gasteiger partial charge < -0.3 is 19.4 Å². The summed E-state index contributed by atoms with van der Waals surface area (Å²) in [7, 11) is -1.73. The molecule has 0 aliphatic carbocycles. The number of rotatable bonds is 3. The Morgan fingerprint density at radius 3 is 1.78 bits per heavy atom. The zero-order chi connectivity index (χ0) is 16.6. The number of benzene rings is 2. The predicted octanol–water partition coefficient (Wildman–Crippen LogP) is 1.15. The molecular formula is C17H20B2O4. The molecule has 1 heterocycles. The van der Waals surface area contributed by atoms with E-state index in [-0.39, 0.29) is 18.8 Å². The highest BCUT2D eigenvalue weighted by Gasteiger charge is 2.44. The Morgan fingerprint density at radius 1 is 0.870 bits per heavy atom. The Morgan fingerprint density at radius 2 is 1.35 bits per heavy atom. The minimum atomic E-state index is -1.44. The molecule has 0 unspecified atom stereocenters. The van der Waals surface area contributed by atoms with Gasteiger partial charge in [-0.1, -0.05) is 69.3 Å². The van der Waals surface area contributed by atoms with Gasteiger partial charge in [0.15, 0.2) is 0 Å². The molecule has 0 aromatic heterocycles. The average molecular weight is 310 g/mol. The molecular weight excluding hydrogens is 290 g/mol. The SMILES string of the molecule is CC(C)(C)C1OB(c2ccc(-c3ccc(B(O)O)cc3)cc2)O1. The van der Waals surface area contributed by atoms with Crippen LogP contribution in [-0.4, -0.2) is 30.6 Å². The van der Waals surface area contributed by atoms with Gasteiger partial charge in [0.1, 0.15) is 6.29 Å². The smallest absolute Gasteiger partial charge is 0.423 e. The first-order chi connectivity index (χ1) is 10.8. The summed E-state index contributed by atoms with van der Waals surface area (Å²) in [5.74, 6) is 0. The highest BCUT2D eigenvalue weighted by atomic mass is 16.8. The molecule has 2 N–H and O–H groups in total. The summed E-state index contributed by atoms with van der Waals surface area (Å²) in [5.41, 5.74) is 3.53. The monoisotopic (exact) mass is 310 g/mol. The minimum absolute atomic E-state index is 0.0184. The molecule has 0 amide bonds. The van der Waals surface area contributed by atoms with Gasteiger partial charge in [-0.3, -0.25) is 0 Å². The predicted molar refractivity (Wildman–Crippen MR) is 92.5 cm³/mol. The lowest BCUT2D eigenvalue weighted by Gasteiger charge is -2.42. The van der Waals surface area contributed by atoms with Crippen LogP contribution >= 0.6 is 0 Å². The lowest BCUT2D eigenvalue weighted by atomic mass is 9.73. The fourth-order valence-electron chi connectivity index (χ4n) is 2.48. The first-order valence-electron chi connectivity index (χ1n) is 7.72. The van der Waals surface area contributed by atoms with E-state index in [9.17, 15) is 0 Å². The van der Waals surface area contributed by atoms with E-state index in [1.165, 1.54) is 0 Å². The van der Waals surface area contributed by atoms with Crippen LogP contribution in [0.3, 0.4) is 0 Å². The zero-order valence-electron chi connectivity index (χ0n) is 13.6. The summed E-state index contributed by atoms with van der Waals surface area (Å²) in [4.78, 5) is 0. The van der Waals surface area contributed by atoms with E-state index in [0.717, 1.165) is 16.6 Å². The molecule has 0 bridgehead atoms. The summed E-state index contributed by atoms with van der Waals surface area (Å²) in [6.07, 6.45) is -0.162. The van der Waals surface area contributed by atoms with Gasteiger partial charge in [0.2, 0.25) is 0 Å². The average Bonchev–Trinajstić information content (AvgIpc) is 2.45. The Bertz CT molecular complexity index is 656. The quantitative estimate of drug-likeness (QED) is 0.835. The van der Waals surface area contributed by atoms with E-state index in [4.69, 9.17) is 19.4 Å². The summed E-state index contributed by atoms with van der Waals surface area (Å²) >= 11 is 0. The Balaban J connectivity index is 1.68. The van der Waals surface area contributed by atoms with Gasteiger partial charge in [-0.15, -0.1) is 0 Å². The van der Waals surface area contributed by atoms with Crippen molar-refractivity contribution in [2.45, 2.75) is 27.1 Å². The van der Waals surface area contributed by atoms with E-state index in [1.54, 1.807) is 12.1 Å². The second-order valence-electron chi connectivity index (χ2n) is 6.92. The molecule has 0 radical (unpaired) electrons. The van der Waals surface area contributed by atoms with Crippen molar-refractivity contribution in [2.75, 3.05) is 0 Å². The zero-order valence-corrected chi connectivity index (χ0v) is 13.6. The van der Waals surface area contributed by atoms with Crippen molar-refractivity contribution < 1.29 is 19.4 Å². The van der Waals surface area contributed by atoms with E-state index in [2.05, 4.69) is 20.8 Å². The molecule has 1 fully saturated rings. The second-order valence-corrected chi connectivity index (χ2v) is 6.92. The van der Waals surface area contributed by atoms with E-state index in [0.29, 0.717) is 5.46 Å². The summed E-state index contributed by atoms with van der Waals surface area (Å²) in [6.45, 7) is 6.26. The maximum absolute atomic E-state index is 9.12. The lowest BCUT2D eigenvalue weighted by molar-refractivity contribution is -0.167. The first kappa shape index (κ1) is 16.3. The molecule has 2 aromatic rings. The summed E-state index contributed by atoms with van der Waals surface area (Å²) < 4.78 is 11.6. The van der Waals surface area contributed by atoms with Crippen molar-refractivity contribution in [1.29, 1.82) is 0 Å². The second kappa shape index (κ2) is 6.13. The third kappa shape index (κ3) is 3.51. The van der Waals surface area contributed by atoms with Crippen LogP contribution in [0.5, 0.6) is 0 Å². The van der Waals surface area contributed by atoms with Crippen LogP contribution in [0.1, 0.15) is 20.8 Å². The lowest BCUT2D eigenvalue weighted by Crippen LogP contribution is -2.57. The molecule has 23 heavy (non-hydrogen) atoms. The van der Waals surface area contributed by atoms with Crippen molar-refractivity contribution in [3.8, 4) is 11.1 Å². The van der Waals surface area contributed by atoms with Crippen molar-refractivity contribution in [1.82, 2.24) is 0 Å². The fourth-order valence-corrected chi connectivity index (χ4v) is 2.48. The number of hydrogen-bond acceptors (Lipinski definition) is 4. The Hall–Kier alpha value is -1.59. The molecule has 1 aliphatic rings. The molecule has 6 heteroatoms. The first-order valence-corrected chi connectivity index (χ1v) is 7.72. The molecule has 0 saturated carbocycles. The van der Waals surface area contributed by atoms with Gasteiger partial charge in [0.05, 0.1) is 0 Å². The van der Waals surface area contributed by atoms with Gasteiger partial charge >= 0.3 is 14.2 Å². The summed E-state index contributed by atoms with van der Waals surface area (Å²) in [6, 6.07) is 15.2. The van der Waals surface area contributed by atoms with Crippen molar-refractivity contribution >= 4 is 25.2 Å². The summed E-state index contributed by atoms with van der Waals surface area (Å²) in [5, 5.41) is 18.2. The molecule has 3 rings (SSSR count). The topological polar surface area (TPSA) is 58.9 Å². The van der Waals surface area contributed by atoms with Crippen LogP contribution in [0.4, 0.5) is 0 Å². The third-order valence-electron chi connectivity index (χ3n) is 3.93. The minimum Gasteiger partial charge on any atom is -0.423 e. The molecule has 118 valence electrons. The van der Waals surface area contributed by atoms with Crippen molar-refractivity contribution in [2.24, 2.45) is 5.41 Å². The Kier molecular flexibility index (Phi) is 4.34. The maximum Gasteiger partial charge on any atom is 0.497 e. The molecule has 0 spiro atoms. The van der Waals surface area contributed by atoms with Crippen LogP contribution in [-0.2, 0) is 9.31 Å². The fraction of sp³-hybridized carbons (Fsp3) is 0.294. The third-order valence-corrected chi connectivity index (χ3v) is 3.93. The van der Waals surface area contributed by atoms with Crippen LogP contribution < -0.4 is 10.9 Å². The molecule has 4 nitrogen and oxygen atoms in total. The van der Waals surface area contributed by atoms with Gasteiger partial charge in [0, 0.05) is 5.41 Å². The molecule has 1 saturated heterocycles. The van der Waals surface area contributed by atoms with Crippen molar-refractivity contribution in [3.63, 3.8) is 0 Å². The highest BCUT2D eigenvalue weighted by molar-refractivity contribution is 6.62. The van der Waals surface area contributed by atoms with Gasteiger partial charge in [-0.2, -0.15) is 0 Å². The van der Waals surface area contributed by atoms with E-state index >= 15 is 0 Å². The molecule has 1 aliphatic heterocycles. The molecule has 0 atom stereocenters. The molecule has 2 aromatic carbocycles. The Labute approximate surface area is 137 Å². The van der Waals surface area contributed by atoms with E-state index in [1.807, 2.05) is 36.4 Å². The van der Waals surface area contributed by atoms with Crippen LogP contribution in [0, 0.1) is 5.41 Å². The van der Waals surface area contributed by atoms with E-state index < -0.39 is 7.12 Å². The van der Waals surface area contributed by atoms with Gasteiger partial charge in [0.25, 0.3) is 0 Å². The largest absolute Gasteiger partial charge is 0.497 e. The highest BCUT2D eigenvalue weighted by Crippen LogP contribution is 2.30. The number of hydrogen-bond donors (Lipinski definition) is 2. The van der Waals surface area contributed by atoms with Gasteiger partial charge in [-0.25, -0.2) is 0 Å². The normalized spacial score (nSPS) is 15.4. The standard InChI is InChI=1S/C17H20B2O4/c1-17(2,3)16-22-19(23-16)15-10-6-13(7-11-15)12-4-8-14(9-5-12)18(20)21/h4-11,16,20-21H,1-3H3.